The highest BCUT2D eigenvalue weighted by Gasteiger charge is 2.43. The van der Waals surface area contributed by atoms with Crippen molar-refractivity contribution in [3.05, 3.63) is 29.3 Å². The molecule has 1 saturated heterocycles. The number of piperidine rings is 1. The largest absolute Gasteiger partial charge is 0.354 e. The van der Waals surface area contributed by atoms with Gasteiger partial charge in [-0.25, -0.2) is 0 Å². The Bertz CT molecular complexity index is 780. The minimum atomic E-state index is -0.674. The Balaban J connectivity index is 1.56. The number of rotatable bonds is 6. The summed E-state index contributed by atoms with van der Waals surface area (Å²) in [5.41, 5.74) is 5.91. The van der Waals surface area contributed by atoms with Gasteiger partial charge in [0.15, 0.2) is 0 Å². The lowest BCUT2D eigenvalue weighted by Gasteiger charge is -2.52. The zero-order chi connectivity index (χ0) is 22.3. The number of hydrogen-bond acceptors (Lipinski definition) is 5. The van der Waals surface area contributed by atoms with E-state index in [1.165, 1.54) is 6.42 Å². The van der Waals surface area contributed by atoms with E-state index in [-0.39, 0.29) is 24.0 Å². The first-order valence-corrected chi connectivity index (χ1v) is 11.4. The SMILES string of the molecule is NCC(=O)NCCN1CCC(NC(=O)C(=O)Nc2ccc(Cl)cc2)CC12CCCCC2. The monoisotopic (exact) mass is 449 g/mol. The Morgan fingerprint density at radius 2 is 1.81 bits per heavy atom. The van der Waals surface area contributed by atoms with Crippen molar-refractivity contribution in [1.29, 1.82) is 0 Å². The molecule has 2 aliphatic rings. The van der Waals surface area contributed by atoms with Crippen LogP contribution < -0.4 is 21.7 Å². The molecule has 170 valence electrons. The summed E-state index contributed by atoms with van der Waals surface area (Å²) < 4.78 is 0. The van der Waals surface area contributed by atoms with Crippen molar-refractivity contribution in [2.24, 2.45) is 5.73 Å². The molecule has 1 aromatic rings. The quantitative estimate of drug-likeness (QED) is 0.492. The summed E-state index contributed by atoms with van der Waals surface area (Å²) >= 11 is 5.85. The number of amides is 3. The molecule has 1 saturated carbocycles. The van der Waals surface area contributed by atoms with Crippen molar-refractivity contribution in [3.8, 4) is 0 Å². The maximum absolute atomic E-state index is 12.5. The van der Waals surface area contributed by atoms with E-state index in [9.17, 15) is 14.4 Å². The van der Waals surface area contributed by atoms with Gasteiger partial charge >= 0.3 is 11.8 Å². The first-order chi connectivity index (χ1) is 14.9. The first kappa shape index (κ1) is 23.5. The molecule has 1 aliphatic carbocycles. The lowest BCUT2D eigenvalue weighted by atomic mass is 9.73. The van der Waals surface area contributed by atoms with E-state index >= 15 is 0 Å². The highest BCUT2D eigenvalue weighted by molar-refractivity contribution is 6.39. The standard InChI is InChI=1S/C22H32ClN5O3/c23-16-4-6-17(7-5-16)26-20(30)21(31)27-18-8-12-28(13-11-25-19(29)15-24)22(14-18)9-2-1-3-10-22/h4-7,18H,1-3,8-15,24H2,(H,25,29)(H,26,30)(H,27,31). The Hall–Kier alpha value is -2.16. The molecule has 0 radical (unpaired) electrons. The maximum Gasteiger partial charge on any atom is 0.313 e. The minimum absolute atomic E-state index is 0.00265. The van der Waals surface area contributed by atoms with Gasteiger partial charge in [-0.3, -0.25) is 19.3 Å². The second-order valence-electron chi connectivity index (χ2n) is 8.45. The van der Waals surface area contributed by atoms with Crippen molar-refractivity contribution in [1.82, 2.24) is 15.5 Å². The summed E-state index contributed by atoms with van der Waals surface area (Å²) in [6, 6.07) is 6.59. The summed E-state index contributed by atoms with van der Waals surface area (Å²) in [6.45, 7) is 2.15. The fraction of sp³-hybridized carbons (Fsp3) is 0.591. The molecule has 3 rings (SSSR count). The van der Waals surface area contributed by atoms with Crippen LogP contribution in [-0.4, -0.2) is 60.4 Å². The number of anilines is 1. The van der Waals surface area contributed by atoms with Gasteiger partial charge in [0.1, 0.15) is 0 Å². The second-order valence-corrected chi connectivity index (χ2v) is 8.89. The van der Waals surface area contributed by atoms with E-state index in [4.69, 9.17) is 17.3 Å². The molecule has 1 spiro atoms. The number of likely N-dealkylation sites (tertiary alicyclic amines) is 1. The number of nitrogens with zero attached hydrogens (tertiary/aromatic N) is 1. The van der Waals surface area contributed by atoms with Gasteiger partial charge in [0, 0.05) is 41.9 Å². The van der Waals surface area contributed by atoms with Crippen LogP contribution in [0.1, 0.15) is 44.9 Å². The Labute approximate surface area is 188 Å². The fourth-order valence-corrected chi connectivity index (χ4v) is 4.94. The van der Waals surface area contributed by atoms with E-state index in [1.807, 2.05) is 0 Å². The van der Waals surface area contributed by atoms with Crippen LogP contribution in [0.2, 0.25) is 5.02 Å². The Kier molecular flexibility index (Phi) is 8.28. The number of halogens is 1. The van der Waals surface area contributed by atoms with Crippen molar-refractivity contribution in [2.75, 3.05) is 31.5 Å². The molecule has 1 aromatic carbocycles. The van der Waals surface area contributed by atoms with E-state index in [0.717, 1.165) is 51.6 Å². The normalized spacial score (nSPS) is 20.8. The van der Waals surface area contributed by atoms with Gasteiger partial charge in [-0.05, 0) is 49.9 Å². The Morgan fingerprint density at radius 3 is 2.48 bits per heavy atom. The molecule has 1 atom stereocenters. The fourth-order valence-electron chi connectivity index (χ4n) is 4.82. The third-order valence-electron chi connectivity index (χ3n) is 6.36. The molecule has 1 aliphatic heterocycles. The van der Waals surface area contributed by atoms with Crippen LogP contribution in [0.3, 0.4) is 0 Å². The molecule has 1 unspecified atom stereocenters. The highest BCUT2D eigenvalue weighted by Crippen LogP contribution is 2.40. The maximum atomic E-state index is 12.5. The molecule has 31 heavy (non-hydrogen) atoms. The number of hydrogen-bond donors (Lipinski definition) is 4. The van der Waals surface area contributed by atoms with E-state index in [0.29, 0.717) is 17.3 Å². The van der Waals surface area contributed by atoms with Crippen LogP contribution in [-0.2, 0) is 14.4 Å². The molecule has 3 amide bonds. The van der Waals surface area contributed by atoms with Gasteiger partial charge < -0.3 is 21.7 Å². The molecule has 0 aromatic heterocycles. The van der Waals surface area contributed by atoms with Gasteiger partial charge in [0.2, 0.25) is 5.91 Å². The van der Waals surface area contributed by atoms with Crippen molar-refractivity contribution in [2.45, 2.75) is 56.5 Å². The van der Waals surface area contributed by atoms with Gasteiger partial charge in [0.25, 0.3) is 0 Å². The van der Waals surface area contributed by atoms with Gasteiger partial charge in [0.05, 0.1) is 6.54 Å². The van der Waals surface area contributed by atoms with Crippen LogP contribution in [0.25, 0.3) is 0 Å². The van der Waals surface area contributed by atoms with Crippen molar-refractivity contribution < 1.29 is 14.4 Å². The number of carbonyl (C=O) groups excluding carboxylic acids is 3. The zero-order valence-corrected chi connectivity index (χ0v) is 18.5. The molecular formula is C22H32ClN5O3. The average Bonchev–Trinajstić information content (AvgIpc) is 2.77. The summed E-state index contributed by atoms with van der Waals surface area (Å²) in [5.74, 6) is -1.44. The molecule has 2 fully saturated rings. The van der Waals surface area contributed by atoms with E-state index < -0.39 is 11.8 Å². The zero-order valence-electron chi connectivity index (χ0n) is 17.8. The molecule has 9 heteroatoms. The molecule has 1 heterocycles. The minimum Gasteiger partial charge on any atom is -0.354 e. The molecular weight excluding hydrogens is 418 g/mol. The van der Waals surface area contributed by atoms with Crippen LogP contribution >= 0.6 is 11.6 Å². The third kappa shape index (κ3) is 6.41. The van der Waals surface area contributed by atoms with Crippen molar-refractivity contribution >= 4 is 35.0 Å². The lowest BCUT2D eigenvalue weighted by Crippen LogP contribution is -2.60. The van der Waals surface area contributed by atoms with Gasteiger partial charge in [-0.15, -0.1) is 0 Å². The average molecular weight is 450 g/mol. The number of nitrogens with one attached hydrogen (secondary N) is 3. The van der Waals surface area contributed by atoms with Crippen LogP contribution in [0.15, 0.2) is 24.3 Å². The lowest BCUT2D eigenvalue weighted by molar-refractivity contribution is -0.137. The van der Waals surface area contributed by atoms with Crippen LogP contribution in [0.5, 0.6) is 0 Å². The van der Waals surface area contributed by atoms with E-state index in [2.05, 4.69) is 20.9 Å². The third-order valence-corrected chi connectivity index (χ3v) is 6.61. The van der Waals surface area contributed by atoms with Crippen molar-refractivity contribution in [3.63, 3.8) is 0 Å². The molecule has 5 N–H and O–H groups in total. The second kappa shape index (κ2) is 10.9. The molecule has 0 bridgehead atoms. The van der Waals surface area contributed by atoms with E-state index in [1.54, 1.807) is 24.3 Å². The predicted molar refractivity (Wildman–Crippen MR) is 121 cm³/mol. The summed E-state index contributed by atoms with van der Waals surface area (Å²) in [7, 11) is 0. The first-order valence-electron chi connectivity index (χ1n) is 11.0. The Morgan fingerprint density at radius 1 is 1.10 bits per heavy atom. The highest BCUT2D eigenvalue weighted by atomic mass is 35.5. The summed E-state index contributed by atoms with van der Waals surface area (Å²) in [6.07, 6.45) is 7.26. The number of nitrogens with two attached hydrogens (primary N) is 1. The van der Waals surface area contributed by atoms with Crippen LogP contribution in [0, 0.1) is 0 Å². The smallest absolute Gasteiger partial charge is 0.313 e. The van der Waals surface area contributed by atoms with Crippen LogP contribution in [0.4, 0.5) is 5.69 Å². The number of carbonyl (C=O) groups is 3. The number of benzene rings is 1. The predicted octanol–water partition coefficient (Wildman–Crippen LogP) is 1.64. The van der Waals surface area contributed by atoms with Gasteiger partial charge in [-0.2, -0.15) is 0 Å². The summed E-state index contributed by atoms with van der Waals surface area (Å²) in [4.78, 5) is 38.7. The topological polar surface area (TPSA) is 117 Å². The summed E-state index contributed by atoms with van der Waals surface area (Å²) in [5, 5.41) is 8.96. The van der Waals surface area contributed by atoms with Gasteiger partial charge in [-0.1, -0.05) is 30.9 Å². The molecule has 8 nitrogen and oxygen atoms in total.